The summed E-state index contributed by atoms with van der Waals surface area (Å²) >= 11 is 3.35. The van der Waals surface area contributed by atoms with Gasteiger partial charge in [0.2, 0.25) is 0 Å². The van der Waals surface area contributed by atoms with E-state index in [4.69, 9.17) is 5.73 Å². The lowest BCUT2D eigenvalue weighted by molar-refractivity contribution is 0.580. The minimum absolute atomic E-state index is 0. The van der Waals surface area contributed by atoms with Crippen molar-refractivity contribution in [2.45, 2.75) is 38.6 Å². The van der Waals surface area contributed by atoms with E-state index in [1.54, 1.807) is 6.20 Å². The van der Waals surface area contributed by atoms with Gasteiger partial charge in [-0.15, -0.1) is 12.4 Å². The first-order valence-electron chi connectivity index (χ1n) is 5.11. The van der Waals surface area contributed by atoms with Gasteiger partial charge >= 0.3 is 0 Å². The highest BCUT2D eigenvalue weighted by molar-refractivity contribution is 9.10. The molecule has 0 saturated heterocycles. The molecule has 15 heavy (non-hydrogen) atoms. The Hall–Kier alpha value is -0.120. The lowest BCUT2D eigenvalue weighted by Crippen LogP contribution is -2.10. The maximum Gasteiger partial charge on any atom is 0.106 e. The van der Waals surface area contributed by atoms with Gasteiger partial charge in [-0.3, -0.25) is 0 Å². The van der Waals surface area contributed by atoms with Gasteiger partial charge in [-0.05, 0) is 40.0 Å². The molecule has 0 aliphatic carbocycles. The van der Waals surface area contributed by atoms with Crippen LogP contribution in [0.4, 0.5) is 0 Å². The average molecular weight is 294 g/mol. The Morgan fingerprint density at radius 1 is 1.47 bits per heavy atom. The summed E-state index contributed by atoms with van der Waals surface area (Å²) in [6, 6.07) is 4.14. The molecule has 0 saturated carbocycles. The first-order valence-corrected chi connectivity index (χ1v) is 5.90. The monoisotopic (exact) mass is 292 g/mol. The molecule has 1 aromatic heterocycles. The first-order chi connectivity index (χ1) is 6.74. The van der Waals surface area contributed by atoms with Gasteiger partial charge in [-0.1, -0.05) is 26.2 Å². The van der Waals surface area contributed by atoms with E-state index in [0.29, 0.717) is 0 Å². The highest BCUT2D eigenvalue weighted by atomic mass is 79.9. The van der Waals surface area contributed by atoms with Crippen molar-refractivity contribution in [3.05, 3.63) is 28.5 Å². The molecule has 0 fully saturated rings. The molecule has 1 rings (SSSR count). The molecule has 86 valence electrons. The van der Waals surface area contributed by atoms with Crippen LogP contribution in [0, 0.1) is 0 Å². The molecule has 2 N–H and O–H groups in total. The summed E-state index contributed by atoms with van der Waals surface area (Å²) in [5, 5.41) is 0. The minimum Gasteiger partial charge on any atom is -0.324 e. The zero-order valence-corrected chi connectivity index (χ0v) is 11.4. The molecule has 0 amide bonds. The molecule has 1 heterocycles. The van der Waals surface area contributed by atoms with Gasteiger partial charge in [0.1, 0.15) is 4.60 Å². The predicted molar refractivity (Wildman–Crippen MR) is 70.3 cm³/mol. The van der Waals surface area contributed by atoms with Crippen molar-refractivity contribution in [3.63, 3.8) is 0 Å². The maximum absolute atomic E-state index is 6.06. The fraction of sp³-hybridized carbons (Fsp3) is 0.545. The van der Waals surface area contributed by atoms with Crippen LogP contribution in [-0.2, 0) is 0 Å². The van der Waals surface area contributed by atoms with Crippen LogP contribution in [0.2, 0.25) is 0 Å². The number of nitrogens with zero attached hydrogens (tertiary/aromatic N) is 1. The van der Waals surface area contributed by atoms with Crippen LogP contribution in [0.3, 0.4) is 0 Å². The highest BCUT2D eigenvalue weighted by Crippen LogP contribution is 2.19. The van der Waals surface area contributed by atoms with E-state index in [-0.39, 0.29) is 18.4 Å². The third-order valence-electron chi connectivity index (χ3n) is 2.30. The number of halogens is 2. The molecule has 0 spiro atoms. The summed E-state index contributed by atoms with van der Waals surface area (Å²) in [5.41, 5.74) is 7.23. The molecular weight excluding hydrogens is 275 g/mol. The molecule has 0 aliphatic rings. The topological polar surface area (TPSA) is 38.9 Å². The van der Waals surface area contributed by atoms with Gasteiger partial charge in [-0.2, -0.15) is 0 Å². The molecule has 0 aromatic carbocycles. The summed E-state index contributed by atoms with van der Waals surface area (Å²) in [4.78, 5) is 4.08. The third kappa shape index (κ3) is 5.50. The Kier molecular flexibility index (Phi) is 8.02. The van der Waals surface area contributed by atoms with Gasteiger partial charge in [0.25, 0.3) is 0 Å². The molecule has 0 bridgehead atoms. The summed E-state index contributed by atoms with van der Waals surface area (Å²) in [7, 11) is 0. The van der Waals surface area contributed by atoms with Crippen LogP contribution < -0.4 is 5.73 Å². The second-order valence-electron chi connectivity index (χ2n) is 3.51. The molecule has 4 heteroatoms. The summed E-state index contributed by atoms with van der Waals surface area (Å²) in [6.45, 7) is 2.20. The van der Waals surface area contributed by atoms with Crippen LogP contribution in [-0.4, -0.2) is 4.98 Å². The maximum atomic E-state index is 6.06. The van der Waals surface area contributed by atoms with Crippen molar-refractivity contribution in [2.24, 2.45) is 5.73 Å². The fourth-order valence-corrected chi connectivity index (χ4v) is 1.81. The van der Waals surface area contributed by atoms with Crippen molar-refractivity contribution in [1.82, 2.24) is 4.98 Å². The first kappa shape index (κ1) is 14.9. The van der Waals surface area contributed by atoms with Gasteiger partial charge in [0.15, 0.2) is 0 Å². The number of rotatable bonds is 5. The van der Waals surface area contributed by atoms with Gasteiger partial charge in [-0.25, -0.2) is 4.98 Å². The molecular formula is C11H18BrClN2. The standard InChI is InChI=1S/C11H17BrN2.ClH/c1-2-3-4-5-10(13)9-6-7-14-11(12)8-9;/h6-8,10H,2-5,13H2,1H3;1H/t10-;/m1./s1. The van der Waals surface area contributed by atoms with Crippen molar-refractivity contribution in [2.75, 3.05) is 0 Å². The lowest BCUT2D eigenvalue weighted by Gasteiger charge is -2.11. The van der Waals surface area contributed by atoms with E-state index in [0.717, 1.165) is 11.0 Å². The number of hydrogen-bond donors (Lipinski definition) is 1. The van der Waals surface area contributed by atoms with E-state index < -0.39 is 0 Å². The normalized spacial score (nSPS) is 11.9. The third-order valence-corrected chi connectivity index (χ3v) is 2.73. The van der Waals surface area contributed by atoms with Gasteiger partial charge in [0.05, 0.1) is 0 Å². The van der Waals surface area contributed by atoms with E-state index in [2.05, 4.69) is 27.8 Å². The molecule has 1 aromatic rings. The van der Waals surface area contributed by atoms with Crippen LogP contribution in [0.5, 0.6) is 0 Å². The van der Waals surface area contributed by atoms with Crippen LogP contribution >= 0.6 is 28.3 Å². The number of hydrogen-bond acceptors (Lipinski definition) is 2. The minimum atomic E-state index is 0. The highest BCUT2D eigenvalue weighted by Gasteiger charge is 2.05. The average Bonchev–Trinajstić information content (AvgIpc) is 2.18. The number of pyridine rings is 1. The molecule has 0 unspecified atom stereocenters. The Morgan fingerprint density at radius 3 is 2.80 bits per heavy atom. The zero-order valence-electron chi connectivity index (χ0n) is 8.95. The molecule has 1 atom stereocenters. The van der Waals surface area contributed by atoms with E-state index >= 15 is 0 Å². The molecule has 0 radical (unpaired) electrons. The Bertz CT molecular complexity index is 281. The zero-order chi connectivity index (χ0) is 10.4. The predicted octanol–water partition coefficient (Wildman–Crippen LogP) is 3.85. The largest absolute Gasteiger partial charge is 0.324 e. The summed E-state index contributed by atoms with van der Waals surface area (Å²) in [6.07, 6.45) is 6.56. The number of unbranched alkanes of at least 4 members (excludes halogenated alkanes) is 2. The van der Waals surface area contributed by atoms with Crippen LogP contribution in [0.25, 0.3) is 0 Å². The van der Waals surface area contributed by atoms with E-state index in [9.17, 15) is 0 Å². The van der Waals surface area contributed by atoms with Crippen molar-refractivity contribution in [3.8, 4) is 0 Å². The van der Waals surface area contributed by atoms with Crippen molar-refractivity contribution < 1.29 is 0 Å². The van der Waals surface area contributed by atoms with Crippen molar-refractivity contribution >= 4 is 28.3 Å². The van der Waals surface area contributed by atoms with Crippen LogP contribution in [0.15, 0.2) is 22.9 Å². The second-order valence-corrected chi connectivity index (χ2v) is 4.33. The van der Waals surface area contributed by atoms with Crippen molar-refractivity contribution in [1.29, 1.82) is 0 Å². The lowest BCUT2D eigenvalue weighted by atomic mass is 10.0. The SMILES string of the molecule is CCCCC[C@@H](N)c1ccnc(Br)c1.Cl. The molecule has 2 nitrogen and oxygen atoms in total. The van der Waals surface area contributed by atoms with Gasteiger partial charge in [0, 0.05) is 12.2 Å². The van der Waals surface area contributed by atoms with Crippen LogP contribution in [0.1, 0.15) is 44.2 Å². The quantitative estimate of drug-likeness (QED) is 0.661. The van der Waals surface area contributed by atoms with E-state index in [1.165, 1.54) is 24.8 Å². The smallest absolute Gasteiger partial charge is 0.106 e. The Morgan fingerprint density at radius 2 is 2.20 bits per heavy atom. The fourth-order valence-electron chi connectivity index (χ4n) is 1.43. The second kappa shape index (κ2) is 8.08. The van der Waals surface area contributed by atoms with Gasteiger partial charge < -0.3 is 5.73 Å². The Balaban J connectivity index is 0.00000196. The Labute approximate surface area is 106 Å². The summed E-state index contributed by atoms with van der Waals surface area (Å²) in [5.74, 6) is 0. The number of nitrogens with two attached hydrogens (primary N) is 1. The molecule has 0 aliphatic heterocycles. The number of aromatic nitrogens is 1. The van der Waals surface area contributed by atoms with E-state index in [1.807, 2.05) is 12.1 Å². The summed E-state index contributed by atoms with van der Waals surface area (Å²) < 4.78 is 0.862.